The summed E-state index contributed by atoms with van der Waals surface area (Å²) < 4.78 is 24.5. The maximum atomic E-state index is 14.0. The minimum absolute atomic E-state index is 0.105. The summed E-state index contributed by atoms with van der Waals surface area (Å²) in [5.74, 6) is 0.991. The summed E-state index contributed by atoms with van der Waals surface area (Å²) in [7, 11) is 0. The van der Waals surface area contributed by atoms with Gasteiger partial charge in [-0.3, -0.25) is 14.5 Å². The number of fused-ring (bicyclic) bond motifs is 2. The van der Waals surface area contributed by atoms with Gasteiger partial charge in [0.1, 0.15) is 12.2 Å². The van der Waals surface area contributed by atoms with Crippen LogP contribution in [-0.2, 0) is 11.3 Å². The lowest BCUT2D eigenvalue weighted by Gasteiger charge is -2.29. The molecule has 6 rings (SSSR count). The quantitative estimate of drug-likeness (QED) is 0.218. The number of hydrogen-bond donors (Lipinski definition) is 0. The van der Waals surface area contributed by atoms with E-state index in [2.05, 4.69) is 20.8 Å². The molecule has 1 atom stereocenters. The zero-order valence-electron chi connectivity index (χ0n) is 23.5. The summed E-state index contributed by atoms with van der Waals surface area (Å²) in [4.78, 5) is 31.9. The normalized spacial score (nSPS) is 17.0. The van der Waals surface area contributed by atoms with E-state index in [1.807, 2.05) is 55.5 Å². The highest BCUT2D eigenvalue weighted by molar-refractivity contribution is 9.10. The van der Waals surface area contributed by atoms with Crippen molar-refractivity contribution in [2.24, 2.45) is 0 Å². The number of amides is 1. The van der Waals surface area contributed by atoms with Crippen LogP contribution in [0, 0.1) is 0 Å². The van der Waals surface area contributed by atoms with E-state index in [1.165, 1.54) is 0 Å². The molecule has 218 valence electrons. The zero-order chi connectivity index (χ0) is 29.1. The molecule has 1 aromatic heterocycles. The van der Waals surface area contributed by atoms with Gasteiger partial charge in [-0.25, -0.2) is 0 Å². The van der Waals surface area contributed by atoms with Crippen molar-refractivity contribution in [2.75, 3.05) is 46.0 Å². The first kappa shape index (κ1) is 28.5. The molecule has 9 heteroatoms. The van der Waals surface area contributed by atoms with Crippen molar-refractivity contribution in [1.29, 1.82) is 0 Å². The molecule has 0 saturated carbocycles. The number of carbonyl (C=O) groups excluding carboxylic acids is 1. The Morgan fingerprint density at radius 3 is 2.52 bits per heavy atom. The number of hydrogen-bond acceptors (Lipinski definition) is 7. The second-order valence-electron chi connectivity index (χ2n) is 10.4. The molecule has 2 aliphatic rings. The van der Waals surface area contributed by atoms with E-state index < -0.39 is 6.04 Å². The van der Waals surface area contributed by atoms with Gasteiger partial charge in [0.15, 0.2) is 16.9 Å². The van der Waals surface area contributed by atoms with Gasteiger partial charge in [-0.2, -0.15) is 0 Å². The first-order chi connectivity index (χ1) is 20.5. The monoisotopic (exact) mass is 632 g/mol. The maximum Gasteiger partial charge on any atom is 0.290 e. The van der Waals surface area contributed by atoms with Crippen LogP contribution < -0.4 is 14.9 Å². The number of morpholine rings is 1. The molecule has 8 nitrogen and oxygen atoms in total. The van der Waals surface area contributed by atoms with E-state index in [9.17, 15) is 9.59 Å². The van der Waals surface area contributed by atoms with Crippen molar-refractivity contribution in [1.82, 2.24) is 9.80 Å². The SMILES string of the molecule is CCOc1cc(C2c3c(oc4ccc(Br)cc4c3=O)C(=O)N2CCCN2CCOCC2)ccc1OCc1ccccc1. The lowest BCUT2D eigenvalue weighted by atomic mass is 9.98. The van der Waals surface area contributed by atoms with E-state index in [-0.39, 0.29) is 17.1 Å². The molecular weight excluding hydrogens is 600 g/mol. The van der Waals surface area contributed by atoms with Gasteiger partial charge >= 0.3 is 0 Å². The lowest BCUT2D eigenvalue weighted by Crippen LogP contribution is -2.38. The number of benzene rings is 3. The van der Waals surface area contributed by atoms with Crippen molar-refractivity contribution in [3.63, 3.8) is 0 Å². The molecule has 3 aromatic carbocycles. The van der Waals surface area contributed by atoms with E-state index in [0.717, 1.165) is 54.9 Å². The molecule has 1 fully saturated rings. The summed E-state index contributed by atoms with van der Waals surface area (Å²) in [5, 5.41) is 0.434. The van der Waals surface area contributed by atoms with Crippen LogP contribution in [0.1, 0.15) is 46.6 Å². The standard InChI is InChI=1S/C33H33BrN2O6/c1-2-40-28-19-23(9-11-27(28)41-21-22-7-4-3-5-8-22)30-29-31(37)25-20-24(34)10-12-26(25)42-32(29)33(38)36(30)14-6-13-35-15-17-39-18-16-35/h3-5,7-12,19-20,30H,2,6,13-18,21H2,1H3. The maximum absolute atomic E-state index is 14.0. The lowest BCUT2D eigenvalue weighted by molar-refractivity contribution is 0.0353. The van der Waals surface area contributed by atoms with E-state index in [0.29, 0.717) is 47.8 Å². The molecular formula is C33H33BrN2O6. The summed E-state index contributed by atoms with van der Waals surface area (Å²) in [6, 6.07) is 20.2. The number of carbonyl (C=O) groups is 1. The molecule has 0 N–H and O–H groups in total. The van der Waals surface area contributed by atoms with Gasteiger partial charge in [0.05, 0.1) is 36.8 Å². The summed E-state index contributed by atoms with van der Waals surface area (Å²) in [5.41, 5.74) is 2.36. The summed E-state index contributed by atoms with van der Waals surface area (Å²) in [6.07, 6.45) is 0.756. The van der Waals surface area contributed by atoms with Crippen LogP contribution in [0.5, 0.6) is 11.5 Å². The van der Waals surface area contributed by atoms with Crippen LogP contribution in [0.4, 0.5) is 0 Å². The molecule has 1 amide bonds. The van der Waals surface area contributed by atoms with Gasteiger partial charge in [-0.1, -0.05) is 52.3 Å². The van der Waals surface area contributed by atoms with Crippen LogP contribution >= 0.6 is 15.9 Å². The van der Waals surface area contributed by atoms with Crippen LogP contribution in [0.2, 0.25) is 0 Å². The highest BCUT2D eigenvalue weighted by Crippen LogP contribution is 2.41. The van der Waals surface area contributed by atoms with Crippen molar-refractivity contribution >= 4 is 32.8 Å². The van der Waals surface area contributed by atoms with E-state index in [1.54, 1.807) is 23.1 Å². The molecule has 42 heavy (non-hydrogen) atoms. The van der Waals surface area contributed by atoms with E-state index >= 15 is 0 Å². The van der Waals surface area contributed by atoms with Crippen molar-refractivity contribution in [3.05, 3.63) is 104 Å². The Labute approximate surface area is 252 Å². The Bertz CT molecular complexity index is 1630. The largest absolute Gasteiger partial charge is 0.490 e. The number of nitrogens with zero attached hydrogens (tertiary/aromatic N) is 2. The number of ether oxygens (including phenoxy) is 3. The van der Waals surface area contributed by atoms with Gasteiger partial charge in [0, 0.05) is 30.7 Å². The Morgan fingerprint density at radius 2 is 1.74 bits per heavy atom. The van der Waals surface area contributed by atoms with Crippen molar-refractivity contribution in [3.8, 4) is 11.5 Å². The molecule has 1 unspecified atom stereocenters. The third kappa shape index (κ3) is 5.82. The molecule has 1 saturated heterocycles. The summed E-state index contributed by atoms with van der Waals surface area (Å²) in [6.45, 7) is 7.24. The van der Waals surface area contributed by atoms with Crippen LogP contribution in [0.3, 0.4) is 0 Å². The van der Waals surface area contributed by atoms with Gasteiger partial charge in [0.25, 0.3) is 5.91 Å². The zero-order valence-corrected chi connectivity index (χ0v) is 25.1. The molecule has 0 aliphatic carbocycles. The fourth-order valence-corrected chi connectivity index (χ4v) is 6.04. The van der Waals surface area contributed by atoms with E-state index in [4.69, 9.17) is 18.6 Å². The third-order valence-electron chi connectivity index (χ3n) is 7.73. The average molecular weight is 634 g/mol. The van der Waals surface area contributed by atoms with Gasteiger partial charge in [-0.15, -0.1) is 0 Å². The topological polar surface area (TPSA) is 81.5 Å². The Hall–Kier alpha value is -3.66. The van der Waals surface area contributed by atoms with Gasteiger partial charge in [0.2, 0.25) is 5.76 Å². The second-order valence-corrected chi connectivity index (χ2v) is 11.4. The average Bonchev–Trinajstić information content (AvgIpc) is 3.29. The molecule has 3 heterocycles. The Kier molecular flexibility index (Phi) is 8.60. The predicted octanol–water partition coefficient (Wildman–Crippen LogP) is 5.80. The van der Waals surface area contributed by atoms with Crippen LogP contribution in [0.15, 0.2) is 80.4 Å². The van der Waals surface area contributed by atoms with Crippen molar-refractivity contribution in [2.45, 2.75) is 26.0 Å². The highest BCUT2D eigenvalue weighted by Gasteiger charge is 2.42. The highest BCUT2D eigenvalue weighted by atomic mass is 79.9. The third-order valence-corrected chi connectivity index (χ3v) is 8.22. The number of halogens is 1. The minimum atomic E-state index is -0.612. The first-order valence-electron chi connectivity index (χ1n) is 14.3. The number of rotatable bonds is 10. The van der Waals surface area contributed by atoms with Crippen LogP contribution in [0.25, 0.3) is 11.0 Å². The summed E-state index contributed by atoms with van der Waals surface area (Å²) >= 11 is 3.47. The fraction of sp³-hybridized carbons (Fsp3) is 0.333. The second kappa shape index (κ2) is 12.7. The Balaban J connectivity index is 1.37. The molecule has 4 aromatic rings. The smallest absolute Gasteiger partial charge is 0.290 e. The Morgan fingerprint density at radius 1 is 0.929 bits per heavy atom. The molecule has 0 radical (unpaired) electrons. The van der Waals surface area contributed by atoms with Gasteiger partial charge in [-0.05, 0) is 54.8 Å². The minimum Gasteiger partial charge on any atom is -0.490 e. The first-order valence-corrected chi connectivity index (χ1v) is 15.1. The van der Waals surface area contributed by atoms with Crippen molar-refractivity contribution < 1.29 is 23.4 Å². The molecule has 2 aliphatic heterocycles. The molecule has 0 bridgehead atoms. The van der Waals surface area contributed by atoms with Crippen LogP contribution in [-0.4, -0.2) is 61.7 Å². The predicted molar refractivity (Wildman–Crippen MR) is 163 cm³/mol. The molecule has 0 spiro atoms. The van der Waals surface area contributed by atoms with Gasteiger partial charge < -0.3 is 23.5 Å². The fourth-order valence-electron chi connectivity index (χ4n) is 5.68.